The summed E-state index contributed by atoms with van der Waals surface area (Å²) in [4.78, 5) is 17.3. The first-order chi connectivity index (χ1) is 16.2. The van der Waals surface area contributed by atoms with Crippen LogP contribution in [0.25, 0.3) is 27.7 Å². The van der Waals surface area contributed by atoms with E-state index in [4.69, 9.17) is 4.74 Å². The van der Waals surface area contributed by atoms with Gasteiger partial charge in [-0.15, -0.1) is 0 Å². The number of pyridine rings is 1. The van der Waals surface area contributed by atoms with Gasteiger partial charge in [0.25, 0.3) is 5.91 Å². The summed E-state index contributed by atoms with van der Waals surface area (Å²) in [6, 6.07) is 29.8. The number of nitrogens with one attached hydrogen (secondary N) is 1. The molecule has 5 nitrogen and oxygen atoms in total. The lowest BCUT2D eigenvalue weighted by molar-refractivity contribution is 0.0944. The molecule has 0 aliphatic carbocycles. The van der Waals surface area contributed by atoms with Crippen molar-refractivity contribution in [1.82, 2.24) is 14.9 Å². The Morgan fingerprint density at radius 1 is 0.879 bits per heavy atom. The lowest BCUT2D eigenvalue weighted by Gasteiger charge is -2.12. The van der Waals surface area contributed by atoms with Gasteiger partial charge in [0.2, 0.25) is 0 Å². The molecule has 0 unspecified atom stereocenters. The largest absolute Gasteiger partial charge is 0.497 e. The van der Waals surface area contributed by atoms with E-state index in [1.54, 1.807) is 19.5 Å². The van der Waals surface area contributed by atoms with Crippen LogP contribution in [0.2, 0.25) is 0 Å². The molecule has 1 N–H and O–H groups in total. The molecule has 0 saturated heterocycles. The number of carbonyl (C=O) groups is 1. The molecule has 0 bridgehead atoms. The van der Waals surface area contributed by atoms with E-state index in [0.717, 1.165) is 39.0 Å². The van der Waals surface area contributed by atoms with Crippen LogP contribution < -0.4 is 10.1 Å². The summed E-state index contributed by atoms with van der Waals surface area (Å²) in [5, 5.41) is 4.09. The maximum atomic E-state index is 13.2. The molecule has 0 aliphatic rings. The second-order valence-corrected chi connectivity index (χ2v) is 7.74. The third-order valence-corrected chi connectivity index (χ3v) is 5.69. The molecule has 0 saturated carbocycles. The van der Waals surface area contributed by atoms with Crippen LogP contribution in [0.4, 0.5) is 0 Å². The molecule has 2 aromatic heterocycles. The summed E-state index contributed by atoms with van der Waals surface area (Å²) in [5.41, 5.74) is 5.75. The Balaban J connectivity index is 1.39. The molecule has 3 aromatic carbocycles. The highest BCUT2D eigenvalue weighted by Crippen LogP contribution is 2.26. The highest BCUT2D eigenvalue weighted by molar-refractivity contribution is 6.00. The maximum absolute atomic E-state index is 13.2. The molecule has 0 spiro atoms. The van der Waals surface area contributed by atoms with Crippen molar-refractivity contribution in [1.29, 1.82) is 0 Å². The second kappa shape index (κ2) is 9.01. The Bertz CT molecular complexity index is 1390. The number of methoxy groups -OCH3 is 1. The fraction of sp³-hybridized carbons (Fsp3) is 0.0714. The van der Waals surface area contributed by atoms with Crippen LogP contribution in [-0.2, 0) is 6.54 Å². The molecule has 1 amide bonds. The van der Waals surface area contributed by atoms with E-state index in [2.05, 4.69) is 22.4 Å². The van der Waals surface area contributed by atoms with Crippen molar-refractivity contribution >= 4 is 16.8 Å². The highest BCUT2D eigenvalue weighted by Gasteiger charge is 2.17. The predicted molar refractivity (Wildman–Crippen MR) is 131 cm³/mol. The van der Waals surface area contributed by atoms with Gasteiger partial charge in [-0.1, -0.05) is 42.5 Å². The van der Waals surface area contributed by atoms with Gasteiger partial charge in [0.15, 0.2) is 0 Å². The minimum Gasteiger partial charge on any atom is -0.497 e. The Kier molecular flexibility index (Phi) is 5.60. The number of nitrogens with zero attached hydrogens (tertiary/aromatic N) is 2. The minimum absolute atomic E-state index is 0.125. The van der Waals surface area contributed by atoms with Gasteiger partial charge < -0.3 is 14.6 Å². The van der Waals surface area contributed by atoms with Crippen LogP contribution >= 0.6 is 0 Å². The van der Waals surface area contributed by atoms with Gasteiger partial charge in [-0.05, 0) is 65.2 Å². The van der Waals surface area contributed by atoms with Crippen LogP contribution in [0, 0.1) is 0 Å². The molecular formula is C28H23N3O2. The number of para-hydroxylation sites is 1. The van der Waals surface area contributed by atoms with Crippen LogP contribution in [-0.4, -0.2) is 22.6 Å². The summed E-state index contributed by atoms with van der Waals surface area (Å²) in [7, 11) is 1.64. The summed E-state index contributed by atoms with van der Waals surface area (Å²) in [6.45, 7) is 0.444. The molecule has 5 rings (SSSR count). The number of carbonyl (C=O) groups excluding carboxylic acids is 1. The molecule has 5 heteroatoms. The summed E-state index contributed by atoms with van der Waals surface area (Å²) < 4.78 is 7.27. The van der Waals surface area contributed by atoms with E-state index in [1.165, 1.54) is 0 Å². The third-order valence-electron chi connectivity index (χ3n) is 5.69. The first kappa shape index (κ1) is 20.5. The van der Waals surface area contributed by atoms with Gasteiger partial charge in [-0.25, -0.2) is 0 Å². The number of amides is 1. The van der Waals surface area contributed by atoms with E-state index in [-0.39, 0.29) is 5.91 Å². The molecule has 0 fully saturated rings. The van der Waals surface area contributed by atoms with Gasteiger partial charge in [-0.2, -0.15) is 0 Å². The van der Waals surface area contributed by atoms with Gasteiger partial charge in [0.1, 0.15) is 11.4 Å². The first-order valence-electron chi connectivity index (χ1n) is 10.8. The molecule has 2 heterocycles. The van der Waals surface area contributed by atoms with Crippen molar-refractivity contribution in [2.24, 2.45) is 0 Å². The molecule has 0 aliphatic heterocycles. The normalized spacial score (nSPS) is 10.8. The Morgan fingerprint density at radius 3 is 2.30 bits per heavy atom. The topological polar surface area (TPSA) is 56.1 Å². The smallest absolute Gasteiger partial charge is 0.268 e. The molecule has 0 atom stereocenters. The van der Waals surface area contributed by atoms with Crippen molar-refractivity contribution in [2.75, 3.05) is 7.11 Å². The van der Waals surface area contributed by atoms with E-state index in [0.29, 0.717) is 12.2 Å². The second-order valence-electron chi connectivity index (χ2n) is 7.74. The van der Waals surface area contributed by atoms with E-state index >= 15 is 0 Å². The Morgan fingerprint density at radius 2 is 1.58 bits per heavy atom. The van der Waals surface area contributed by atoms with Gasteiger partial charge >= 0.3 is 0 Å². The molecule has 33 heavy (non-hydrogen) atoms. The monoisotopic (exact) mass is 433 g/mol. The zero-order chi connectivity index (χ0) is 22.6. The predicted octanol–water partition coefficient (Wildman–Crippen LogP) is 5.63. The van der Waals surface area contributed by atoms with Crippen LogP contribution in [0.15, 0.2) is 103 Å². The zero-order valence-corrected chi connectivity index (χ0v) is 18.2. The average Bonchev–Trinajstić information content (AvgIpc) is 3.28. The number of benzene rings is 3. The number of hydrogen-bond donors (Lipinski definition) is 1. The zero-order valence-electron chi connectivity index (χ0n) is 18.2. The highest BCUT2D eigenvalue weighted by atomic mass is 16.5. The van der Waals surface area contributed by atoms with Crippen molar-refractivity contribution in [3.63, 3.8) is 0 Å². The average molecular weight is 434 g/mol. The Labute approximate surface area is 192 Å². The third kappa shape index (κ3) is 4.21. The van der Waals surface area contributed by atoms with Crippen LogP contribution in [0.5, 0.6) is 5.75 Å². The summed E-state index contributed by atoms with van der Waals surface area (Å²) >= 11 is 0. The number of fused-ring (bicyclic) bond motifs is 1. The molecule has 162 valence electrons. The SMILES string of the molecule is COc1ccc(-n2c(C(=O)NCc3ccc(-c4ccncc4)cc3)cc3ccccc32)cc1. The number of rotatable bonds is 6. The van der Waals surface area contributed by atoms with E-state index in [9.17, 15) is 4.79 Å². The van der Waals surface area contributed by atoms with Crippen molar-refractivity contribution in [3.8, 4) is 22.6 Å². The van der Waals surface area contributed by atoms with Crippen LogP contribution in [0.1, 0.15) is 16.1 Å². The summed E-state index contributed by atoms with van der Waals surface area (Å²) in [6.07, 6.45) is 3.57. The number of ether oxygens (including phenoxy) is 1. The molecule has 0 radical (unpaired) electrons. The fourth-order valence-electron chi connectivity index (χ4n) is 3.96. The minimum atomic E-state index is -0.125. The van der Waals surface area contributed by atoms with E-state index in [1.807, 2.05) is 83.4 Å². The number of aromatic nitrogens is 2. The van der Waals surface area contributed by atoms with Crippen molar-refractivity contribution < 1.29 is 9.53 Å². The van der Waals surface area contributed by atoms with E-state index < -0.39 is 0 Å². The summed E-state index contributed by atoms with van der Waals surface area (Å²) in [5.74, 6) is 0.650. The quantitative estimate of drug-likeness (QED) is 0.378. The standard InChI is InChI=1S/C28H23N3O2/c1-33-25-12-10-24(11-13-25)31-26-5-3-2-4-23(26)18-27(31)28(32)30-19-20-6-8-21(9-7-20)22-14-16-29-17-15-22/h2-18H,19H2,1H3,(H,30,32). The van der Waals surface area contributed by atoms with Crippen LogP contribution in [0.3, 0.4) is 0 Å². The Hall–Kier alpha value is -4.38. The van der Waals surface area contributed by atoms with Crippen molar-refractivity contribution in [2.45, 2.75) is 6.54 Å². The lowest BCUT2D eigenvalue weighted by atomic mass is 10.1. The van der Waals surface area contributed by atoms with Gasteiger partial charge in [0, 0.05) is 30.0 Å². The molecule has 5 aromatic rings. The number of hydrogen-bond acceptors (Lipinski definition) is 3. The van der Waals surface area contributed by atoms with Gasteiger partial charge in [-0.3, -0.25) is 9.78 Å². The van der Waals surface area contributed by atoms with Crippen molar-refractivity contribution in [3.05, 3.63) is 115 Å². The van der Waals surface area contributed by atoms with Gasteiger partial charge in [0.05, 0.1) is 12.6 Å². The fourth-order valence-corrected chi connectivity index (χ4v) is 3.96. The molecular weight excluding hydrogens is 410 g/mol. The first-order valence-corrected chi connectivity index (χ1v) is 10.8. The lowest BCUT2D eigenvalue weighted by Crippen LogP contribution is -2.25. The maximum Gasteiger partial charge on any atom is 0.268 e.